The van der Waals surface area contributed by atoms with Gasteiger partial charge in [0.15, 0.2) is 5.16 Å². The SMILES string of the molecule is Cc1ccc2nc(SCC(=O)N(CCC(N)=O)c3ccc(F)cc3)[nH]c2c1. The number of anilines is 1. The van der Waals surface area contributed by atoms with Crippen LogP contribution < -0.4 is 10.6 Å². The number of thioether (sulfide) groups is 1. The highest BCUT2D eigenvalue weighted by Gasteiger charge is 2.18. The maximum absolute atomic E-state index is 13.2. The molecule has 1 aromatic heterocycles. The van der Waals surface area contributed by atoms with E-state index in [0.717, 1.165) is 16.6 Å². The van der Waals surface area contributed by atoms with Crippen molar-refractivity contribution in [2.24, 2.45) is 5.73 Å². The van der Waals surface area contributed by atoms with Crippen LogP contribution in [0, 0.1) is 12.7 Å². The van der Waals surface area contributed by atoms with Gasteiger partial charge in [-0.1, -0.05) is 17.8 Å². The van der Waals surface area contributed by atoms with Crippen LogP contribution in [-0.4, -0.2) is 34.1 Å². The Morgan fingerprint density at radius 2 is 1.96 bits per heavy atom. The normalized spacial score (nSPS) is 10.9. The van der Waals surface area contributed by atoms with Gasteiger partial charge >= 0.3 is 0 Å². The number of imidazole rings is 1. The molecule has 0 spiro atoms. The summed E-state index contributed by atoms with van der Waals surface area (Å²) in [6.07, 6.45) is 0.0255. The standard InChI is InChI=1S/C19H19FN4O2S/c1-12-2-7-15-16(10-12)23-19(22-15)27-11-18(26)24(9-8-17(21)25)14-5-3-13(20)4-6-14/h2-7,10H,8-9,11H2,1H3,(H2,21,25)(H,22,23). The minimum Gasteiger partial charge on any atom is -0.370 e. The quantitative estimate of drug-likeness (QED) is 0.611. The lowest BCUT2D eigenvalue weighted by Gasteiger charge is -2.22. The van der Waals surface area contributed by atoms with Crippen LogP contribution in [-0.2, 0) is 9.59 Å². The monoisotopic (exact) mass is 386 g/mol. The number of hydrogen-bond acceptors (Lipinski definition) is 4. The van der Waals surface area contributed by atoms with Gasteiger partial charge in [0.2, 0.25) is 11.8 Å². The summed E-state index contributed by atoms with van der Waals surface area (Å²) in [4.78, 5) is 32.9. The van der Waals surface area contributed by atoms with E-state index < -0.39 is 11.7 Å². The smallest absolute Gasteiger partial charge is 0.237 e. The van der Waals surface area contributed by atoms with Crippen LogP contribution in [0.4, 0.5) is 10.1 Å². The number of aryl methyl sites for hydroxylation is 1. The largest absolute Gasteiger partial charge is 0.370 e. The van der Waals surface area contributed by atoms with Gasteiger partial charge in [0.1, 0.15) is 5.82 Å². The van der Waals surface area contributed by atoms with Crippen molar-refractivity contribution in [2.45, 2.75) is 18.5 Å². The highest BCUT2D eigenvalue weighted by atomic mass is 32.2. The van der Waals surface area contributed by atoms with Gasteiger partial charge in [0, 0.05) is 18.7 Å². The molecule has 1 heterocycles. The van der Waals surface area contributed by atoms with Crippen LogP contribution >= 0.6 is 11.8 Å². The molecule has 0 saturated heterocycles. The predicted octanol–water partition coefficient (Wildman–Crippen LogP) is 3.01. The second-order valence-electron chi connectivity index (χ2n) is 6.09. The molecule has 27 heavy (non-hydrogen) atoms. The Labute approximate surface area is 160 Å². The number of rotatable bonds is 7. The molecule has 6 nitrogen and oxygen atoms in total. The Bertz CT molecular complexity index is 972. The zero-order valence-electron chi connectivity index (χ0n) is 14.7. The molecule has 0 aliphatic rings. The number of fused-ring (bicyclic) bond motifs is 1. The summed E-state index contributed by atoms with van der Waals surface area (Å²) in [6, 6.07) is 11.4. The number of carbonyl (C=O) groups is 2. The third kappa shape index (κ3) is 4.85. The summed E-state index contributed by atoms with van der Waals surface area (Å²) in [7, 11) is 0. The van der Waals surface area contributed by atoms with Crippen LogP contribution in [0.5, 0.6) is 0 Å². The second-order valence-corrected chi connectivity index (χ2v) is 7.05. The van der Waals surface area contributed by atoms with E-state index in [4.69, 9.17) is 5.73 Å². The highest BCUT2D eigenvalue weighted by Crippen LogP contribution is 2.22. The number of H-pyrrole nitrogens is 1. The summed E-state index contributed by atoms with van der Waals surface area (Å²) in [5, 5.41) is 0.637. The van der Waals surface area contributed by atoms with Gasteiger partial charge in [0.25, 0.3) is 0 Å². The summed E-state index contributed by atoms with van der Waals surface area (Å²) in [6.45, 7) is 2.13. The molecule has 0 unspecified atom stereocenters. The number of hydrogen-bond donors (Lipinski definition) is 2. The molecular formula is C19H19FN4O2S. The minimum atomic E-state index is -0.504. The van der Waals surface area contributed by atoms with Gasteiger partial charge in [-0.15, -0.1) is 0 Å². The summed E-state index contributed by atoms with van der Waals surface area (Å²) >= 11 is 1.27. The van der Waals surface area contributed by atoms with Gasteiger partial charge in [-0.2, -0.15) is 0 Å². The van der Waals surface area contributed by atoms with E-state index in [-0.39, 0.29) is 24.6 Å². The van der Waals surface area contributed by atoms with E-state index in [1.54, 1.807) is 0 Å². The van der Waals surface area contributed by atoms with Crippen molar-refractivity contribution in [2.75, 3.05) is 17.2 Å². The minimum absolute atomic E-state index is 0.0255. The van der Waals surface area contributed by atoms with Gasteiger partial charge in [-0.3, -0.25) is 9.59 Å². The third-order valence-electron chi connectivity index (χ3n) is 3.97. The summed E-state index contributed by atoms with van der Waals surface area (Å²) < 4.78 is 13.2. The molecular weight excluding hydrogens is 367 g/mol. The van der Waals surface area contributed by atoms with Crippen LogP contribution in [0.25, 0.3) is 11.0 Å². The first kappa shape index (κ1) is 18.9. The van der Waals surface area contributed by atoms with Gasteiger partial charge < -0.3 is 15.6 Å². The predicted molar refractivity (Wildman–Crippen MR) is 104 cm³/mol. The number of nitrogens with two attached hydrogens (primary N) is 1. The van der Waals surface area contributed by atoms with Crippen molar-refractivity contribution in [3.63, 3.8) is 0 Å². The summed E-state index contributed by atoms with van der Waals surface area (Å²) in [5.74, 6) is -0.998. The molecule has 0 bridgehead atoms. The molecule has 2 amide bonds. The maximum atomic E-state index is 13.2. The molecule has 0 radical (unpaired) electrons. The number of amides is 2. The molecule has 3 rings (SSSR count). The molecule has 140 valence electrons. The molecule has 3 N–H and O–H groups in total. The van der Waals surface area contributed by atoms with Crippen molar-refractivity contribution in [1.82, 2.24) is 9.97 Å². The van der Waals surface area contributed by atoms with Crippen LogP contribution in [0.15, 0.2) is 47.6 Å². The topological polar surface area (TPSA) is 92.1 Å². The van der Waals surface area contributed by atoms with Crippen molar-refractivity contribution in [3.05, 3.63) is 53.8 Å². The van der Waals surface area contributed by atoms with E-state index >= 15 is 0 Å². The lowest BCUT2D eigenvalue weighted by atomic mass is 10.2. The lowest BCUT2D eigenvalue weighted by molar-refractivity contribution is -0.118. The van der Waals surface area contributed by atoms with E-state index in [1.807, 2.05) is 25.1 Å². The lowest BCUT2D eigenvalue weighted by Crippen LogP contribution is -2.35. The van der Waals surface area contributed by atoms with E-state index in [0.29, 0.717) is 10.8 Å². The zero-order valence-corrected chi connectivity index (χ0v) is 15.6. The van der Waals surface area contributed by atoms with E-state index in [9.17, 15) is 14.0 Å². The number of halogens is 1. The van der Waals surface area contributed by atoms with Crippen LogP contribution in [0.2, 0.25) is 0 Å². The average Bonchev–Trinajstić information content (AvgIpc) is 3.03. The average molecular weight is 386 g/mol. The van der Waals surface area contributed by atoms with Crippen LogP contribution in [0.1, 0.15) is 12.0 Å². The number of aromatic nitrogens is 2. The first-order valence-electron chi connectivity index (χ1n) is 8.36. The molecule has 0 aliphatic heterocycles. The van der Waals surface area contributed by atoms with Crippen molar-refractivity contribution < 1.29 is 14.0 Å². The fourth-order valence-electron chi connectivity index (χ4n) is 2.62. The Kier molecular flexibility index (Phi) is 5.75. The number of aromatic amines is 1. The molecule has 0 fully saturated rings. The van der Waals surface area contributed by atoms with E-state index in [1.165, 1.54) is 40.9 Å². The molecule has 0 saturated carbocycles. The number of primary amides is 1. The van der Waals surface area contributed by atoms with Crippen LogP contribution in [0.3, 0.4) is 0 Å². The highest BCUT2D eigenvalue weighted by molar-refractivity contribution is 7.99. The Morgan fingerprint density at radius 3 is 2.67 bits per heavy atom. The molecule has 0 atom stereocenters. The Hall–Kier alpha value is -2.87. The van der Waals surface area contributed by atoms with Crippen molar-refractivity contribution in [3.8, 4) is 0 Å². The van der Waals surface area contributed by atoms with Gasteiger partial charge in [0.05, 0.1) is 16.8 Å². The Morgan fingerprint density at radius 1 is 1.22 bits per heavy atom. The maximum Gasteiger partial charge on any atom is 0.237 e. The number of nitrogens with zero attached hydrogens (tertiary/aromatic N) is 2. The number of nitrogens with one attached hydrogen (secondary N) is 1. The molecule has 2 aromatic carbocycles. The fraction of sp³-hybridized carbons (Fsp3) is 0.211. The van der Waals surface area contributed by atoms with Crippen molar-refractivity contribution >= 4 is 40.3 Å². The number of carbonyl (C=O) groups excluding carboxylic acids is 2. The molecule has 0 aliphatic carbocycles. The Balaban J connectivity index is 1.72. The second kappa shape index (κ2) is 8.22. The van der Waals surface area contributed by atoms with Gasteiger partial charge in [-0.05, 0) is 48.9 Å². The number of benzene rings is 2. The zero-order chi connectivity index (χ0) is 19.4. The first-order valence-corrected chi connectivity index (χ1v) is 9.34. The van der Waals surface area contributed by atoms with E-state index in [2.05, 4.69) is 9.97 Å². The molecule has 3 aromatic rings. The third-order valence-corrected chi connectivity index (χ3v) is 4.83. The summed E-state index contributed by atoms with van der Waals surface area (Å²) in [5.41, 5.74) is 8.59. The van der Waals surface area contributed by atoms with Crippen molar-refractivity contribution in [1.29, 1.82) is 0 Å². The molecule has 8 heteroatoms. The fourth-order valence-corrected chi connectivity index (χ4v) is 3.38. The first-order chi connectivity index (χ1) is 12.9. The van der Waals surface area contributed by atoms with Gasteiger partial charge in [-0.25, -0.2) is 9.37 Å².